The van der Waals surface area contributed by atoms with Gasteiger partial charge in [0.05, 0.1) is 17.7 Å². The molecule has 1 aromatic heterocycles. The van der Waals surface area contributed by atoms with Gasteiger partial charge in [-0.25, -0.2) is 9.67 Å². The van der Waals surface area contributed by atoms with Crippen LogP contribution in [0.3, 0.4) is 0 Å². The molecule has 0 spiro atoms. The first-order chi connectivity index (χ1) is 13.5. The maximum atomic E-state index is 6.63. The Morgan fingerprint density at radius 3 is 2.64 bits per heavy atom. The van der Waals surface area contributed by atoms with Crippen LogP contribution in [0.1, 0.15) is 18.9 Å². The van der Waals surface area contributed by atoms with Crippen LogP contribution in [0, 0.1) is 0 Å². The minimum Gasteiger partial charge on any atom is -0.457 e. The van der Waals surface area contributed by atoms with Gasteiger partial charge in [0.1, 0.15) is 30.7 Å². The number of hydrogen-bond acceptors (Lipinski definition) is 5. The van der Waals surface area contributed by atoms with Crippen molar-refractivity contribution in [2.75, 3.05) is 6.61 Å². The predicted octanol–water partition coefficient (Wildman–Crippen LogP) is 5.06. The second-order valence-corrected chi connectivity index (χ2v) is 7.45. The van der Waals surface area contributed by atoms with Crippen LogP contribution >= 0.6 is 23.2 Å². The van der Waals surface area contributed by atoms with E-state index in [4.69, 9.17) is 37.4 Å². The lowest BCUT2D eigenvalue weighted by Crippen LogP contribution is -2.45. The molecule has 8 heteroatoms. The lowest BCUT2D eigenvalue weighted by molar-refractivity contribution is -0.306. The first-order valence-corrected chi connectivity index (χ1v) is 9.67. The predicted molar refractivity (Wildman–Crippen MR) is 106 cm³/mol. The number of benzene rings is 2. The SMILES string of the molecule is C[C@H]1CCO[C@@](Cn2cncn2)(c2ccc(Oc3ccc(Cl)cc3)cc2Cl)O1. The second kappa shape index (κ2) is 8.09. The minimum absolute atomic E-state index is 0.0262. The first-order valence-electron chi connectivity index (χ1n) is 8.92. The zero-order chi connectivity index (χ0) is 19.6. The van der Waals surface area contributed by atoms with Crippen molar-refractivity contribution in [2.24, 2.45) is 0 Å². The van der Waals surface area contributed by atoms with Crippen LogP contribution in [0.25, 0.3) is 0 Å². The molecule has 3 aromatic rings. The Kier molecular flexibility index (Phi) is 5.55. The van der Waals surface area contributed by atoms with Gasteiger partial charge in [-0.1, -0.05) is 23.2 Å². The third-order valence-electron chi connectivity index (χ3n) is 4.49. The van der Waals surface area contributed by atoms with Crippen LogP contribution in [-0.4, -0.2) is 27.5 Å². The van der Waals surface area contributed by atoms with Crippen molar-refractivity contribution in [1.29, 1.82) is 0 Å². The molecule has 28 heavy (non-hydrogen) atoms. The fourth-order valence-electron chi connectivity index (χ4n) is 3.15. The number of aromatic nitrogens is 3. The standard InChI is InChI=1S/C20H19Cl2N3O3/c1-14-8-9-26-20(28-14,11-25-13-23-12-24-25)18-7-6-17(10-19(18)22)27-16-4-2-15(21)3-5-16/h2-7,10,12-14H,8-9,11H2,1H3/t14-,20+/m0/s1. The molecule has 6 nitrogen and oxygen atoms in total. The second-order valence-electron chi connectivity index (χ2n) is 6.61. The van der Waals surface area contributed by atoms with Crippen molar-refractivity contribution in [3.8, 4) is 11.5 Å². The van der Waals surface area contributed by atoms with E-state index in [0.717, 1.165) is 12.0 Å². The Morgan fingerprint density at radius 2 is 1.96 bits per heavy atom. The van der Waals surface area contributed by atoms with Gasteiger partial charge in [-0.05, 0) is 55.8 Å². The van der Waals surface area contributed by atoms with Crippen molar-refractivity contribution < 1.29 is 14.2 Å². The van der Waals surface area contributed by atoms with Crippen LogP contribution in [0.15, 0.2) is 55.1 Å². The number of hydrogen-bond donors (Lipinski definition) is 0. The molecular formula is C20H19Cl2N3O3. The maximum Gasteiger partial charge on any atom is 0.216 e. The van der Waals surface area contributed by atoms with E-state index in [9.17, 15) is 0 Å². The molecule has 1 fully saturated rings. The Labute approximate surface area is 173 Å². The van der Waals surface area contributed by atoms with Crippen LogP contribution in [-0.2, 0) is 21.8 Å². The van der Waals surface area contributed by atoms with Crippen molar-refractivity contribution in [1.82, 2.24) is 14.8 Å². The molecule has 0 amide bonds. The molecular weight excluding hydrogens is 401 g/mol. The van der Waals surface area contributed by atoms with Gasteiger partial charge in [-0.15, -0.1) is 0 Å². The summed E-state index contributed by atoms with van der Waals surface area (Å²) in [6.07, 6.45) is 3.94. The molecule has 4 rings (SSSR count). The van der Waals surface area contributed by atoms with Gasteiger partial charge >= 0.3 is 0 Å². The zero-order valence-corrected chi connectivity index (χ0v) is 16.7. The van der Waals surface area contributed by atoms with E-state index < -0.39 is 5.79 Å². The molecule has 1 saturated heterocycles. The summed E-state index contributed by atoms with van der Waals surface area (Å²) in [6, 6.07) is 12.6. The summed E-state index contributed by atoms with van der Waals surface area (Å²) in [5, 5.41) is 5.32. The summed E-state index contributed by atoms with van der Waals surface area (Å²) in [5.41, 5.74) is 0.722. The van der Waals surface area contributed by atoms with E-state index in [1.165, 1.54) is 6.33 Å². The summed E-state index contributed by atoms with van der Waals surface area (Å²) in [6.45, 7) is 2.92. The fraction of sp³-hybridized carbons (Fsp3) is 0.300. The third-order valence-corrected chi connectivity index (χ3v) is 5.05. The van der Waals surface area contributed by atoms with Crippen LogP contribution in [0.4, 0.5) is 0 Å². The molecule has 2 heterocycles. The summed E-state index contributed by atoms with van der Waals surface area (Å²) < 4.78 is 19.9. The highest BCUT2D eigenvalue weighted by Gasteiger charge is 2.41. The van der Waals surface area contributed by atoms with Crippen molar-refractivity contribution in [2.45, 2.75) is 31.8 Å². The summed E-state index contributed by atoms with van der Waals surface area (Å²) in [4.78, 5) is 4.00. The van der Waals surface area contributed by atoms with Gasteiger partial charge in [0.15, 0.2) is 0 Å². The van der Waals surface area contributed by atoms with Gasteiger partial charge in [0.25, 0.3) is 0 Å². The molecule has 146 valence electrons. The average Bonchev–Trinajstić information content (AvgIpc) is 3.16. The van der Waals surface area contributed by atoms with Gasteiger partial charge in [0.2, 0.25) is 5.79 Å². The summed E-state index contributed by atoms with van der Waals surface area (Å²) in [7, 11) is 0. The summed E-state index contributed by atoms with van der Waals surface area (Å²) >= 11 is 12.5. The minimum atomic E-state index is -1.04. The molecule has 2 atom stereocenters. The van der Waals surface area contributed by atoms with Gasteiger partial charge in [-0.3, -0.25) is 0 Å². The van der Waals surface area contributed by atoms with Gasteiger partial charge < -0.3 is 14.2 Å². The van der Waals surface area contributed by atoms with Crippen molar-refractivity contribution in [3.63, 3.8) is 0 Å². The average molecular weight is 420 g/mol. The number of nitrogens with zero attached hydrogens (tertiary/aromatic N) is 3. The maximum absolute atomic E-state index is 6.63. The zero-order valence-electron chi connectivity index (χ0n) is 15.2. The number of halogens is 2. The van der Waals surface area contributed by atoms with E-state index in [0.29, 0.717) is 34.7 Å². The smallest absolute Gasteiger partial charge is 0.216 e. The highest BCUT2D eigenvalue weighted by Crippen LogP contribution is 2.40. The normalized spacial score (nSPS) is 22.2. The van der Waals surface area contributed by atoms with E-state index >= 15 is 0 Å². The lowest BCUT2D eigenvalue weighted by atomic mass is 10.0. The fourth-order valence-corrected chi connectivity index (χ4v) is 3.59. The quantitative estimate of drug-likeness (QED) is 0.578. The lowest BCUT2D eigenvalue weighted by Gasteiger charge is -2.40. The Balaban J connectivity index is 1.63. The molecule has 0 N–H and O–H groups in total. The molecule has 0 unspecified atom stereocenters. The molecule has 0 radical (unpaired) electrons. The number of rotatable bonds is 5. The molecule has 0 saturated carbocycles. The van der Waals surface area contributed by atoms with Crippen LogP contribution < -0.4 is 4.74 Å². The molecule has 1 aliphatic rings. The highest BCUT2D eigenvalue weighted by molar-refractivity contribution is 6.31. The highest BCUT2D eigenvalue weighted by atomic mass is 35.5. The van der Waals surface area contributed by atoms with Crippen molar-refractivity contribution >= 4 is 23.2 Å². The van der Waals surface area contributed by atoms with Crippen LogP contribution in [0.2, 0.25) is 10.0 Å². The molecule has 0 aliphatic carbocycles. The topological polar surface area (TPSA) is 58.4 Å². The third kappa shape index (κ3) is 4.15. The molecule has 2 aromatic carbocycles. The number of ether oxygens (including phenoxy) is 3. The van der Waals surface area contributed by atoms with Gasteiger partial charge in [-0.2, -0.15) is 5.10 Å². The Hall–Kier alpha value is -2.12. The van der Waals surface area contributed by atoms with E-state index in [1.54, 1.807) is 41.3 Å². The van der Waals surface area contributed by atoms with E-state index in [-0.39, 0.29) is 6.10 Å². The van der Waals surface area contributed by atoms with Gasteiger partial charge in [0, 0.05) is 10.6 Å². The Morgan fingerprint density at radius 1 is 1.18 bits per heavy atom. The molecule has 1 aliphatic heterocycles. The van der Waals surface area contributed by atoms with Crippen molar-refractivity contribution in [3.05, 3.63) is 70.7 Å². The monoisotopic (exact) mass is 419 g/mol. The van der Waals surface area contributed by atoms with E-state index in [2.05, 4.69) is 10.1 Å². The molecule has 0 bridgehead atoms. The van der Waals surface area contributed by atoms with Crippen LogP contribution in [0.5, 0.6) is 11.5 Å². The largest absolute Gasteiger partial charge is 0.457 e. The first kappa shape index (κ1) is 19.2. The van der Waals surface area contributed by atoms with E-state index in [1.807, 2.05) is 19.1 Å². The summed E-state index contributed by atoms with van der Waals surface area (Å²) in [5.74, 6) is 0.238. The Bertz CT molecular complexity index is 934.